The quantitative estimate of drug-likeness (QED) is 0.422. The number of hydrogen-bond acceptors (Lipinski definition) is 5. The van der Waals surface area contributed by atoms with Gasteiger partial charge in [-0.05, 0) is 63.7 Å². The van der Waals surface area contributed by atoms with Crippen molar-refractivity contribution < 1.29 is 9.18 Å². The van der Waals surface area contributed by atoms with Crippen molar-refractivity contribution in [3.8, 4) is 5.69 Å². The minimum Gasteiger partial charge on any atom is -0.353 e. The van der Waals surface area contributed by atoms with E-state index in [-0.39, 0.29) is 5.91 Å². The molecule has 0 saturated carbocycles. The number of carbonyl (C=O) groups excluding carboxylic acids is 1. The van der Waals surface area contributed by atoms with Crippen LogP contribution in [0.15, 0.2) is 36.9 Å². The van der Waals surface area contributed by atoms with Crippen LogP contribution in [-0.4, -0.2) is 44.9 Å². The van der Waals surface area contributed by atoms with Gasteiger partial charge in [0.25, 0.3) is 5.91 Å². The number of halogens is 3. The molecule has 3 aromatic heterocycles. The molecule has 2 aliphatic heterocycles. The lowest BCUT2D eigenvalue weighted by atomic mass is 10.3. The second-order valence-corrected chi connectivity index (χ2v) is 9.43. The van der Waals surface area contributed by atoms with Crippen LogP contribution in [0, 0.1) is 7.14 Å². The average Bonchev–Trinajstić information content (AvgIpc) is 3.38. The van der Waals surface area contributed by atoms with Gasteiger partial charge in [0.05, 0.1) is 51.7 Å². The lowest BCUT2D eigenvalue weighted by Gasteiger charge is -2.18. The van der Waals surface area contributed by atoms with Crippen LogP contribution < -0.4 is 9.80 Å². The third-order valence-corrected chi connectivity index (χ3v) is 6.46. The Bertz CT molecular complexity index is 1120. The minimum absolute atomic E-state index is 0.0830. The Balaban J connectivity index is 1.40. The number of pyridine rings is 2. The summed E-state index contributed by atoms with van der Waals surface area (Å²) in [4.78, 5) is 25.2. The normalized spacial score (nSPS) is 18.6. The summed E-state index contributed by atoms with van der Waals surface area (Å²) in [6.07, 6.45) is 6.65. The van der Waals surface area contributed by atoms with Crippen LogP contribution in [-0.2, 0) is 6.54 Å². The Morgan fingerprint density at radius 1 is 1.14 bits per heavy atom. The standard InChI is InChI=1S/C19H15FI2N6O/c20-11-1-2-26(8-11)18-16(22)4-14(7-24-18)28-9-15-17(25-28)10-27(19(15)29)13-3-12(21)5-23-6-13/h3-7,9,11H,1-2,8,10H2/t11-/m1/s1. The topological polar surface area (TPSA) is 67.2 Å². The van der Waals surface area contributed by atoms with Crippen LogP contribution in [0.2, 0.25) is 0 Å². The van der Waals surface area contributed by atoms with Gasteiger partial charge in [0.15, 0.2) is 0 Å². The number of carbonyl (C=O) groups is 1. The summed E-state index contributed by atoms with van der Waals surface area (Å²) in [5, 5.41) is 4.60. The summed E-state index contributed by atoms with van der Waals surface area (Å²) in [5.74, 6) is 0.711. The van der Waals surface area contributed by atoms with E-state index in [9.17, 15) is 9.18 Å². The van der Waals surface area contributed by atoms with Crippen molar-refractivity contribution in [3.63, 3.8) is 0 Å². The van der Waals surface area contributed by atoms with Crippen molar-refractivity contribution in [3.05, 3.63) is 55.3 Å². The first-order chi connectivity index (χ1) is 14.0. The second-order valence-electron chi connectivity index (χ2n) is 7.02. The fraction of sp³-hybridized carbons (Fsp3) is 0.263. The molecule has 7 nitrogen and oxygen atoms in total. The maximum absolute atomic E-state index is 13.5. The SMILES string of the molecule is O=C1c2cn(-c3cnc(N4CC[C@@H](F)C4)c(I)c3)nc2CN1c1cncc(I)c1. The number of alkyl halides is 1. The highest BCUT2D eigenvalue weighted by Crippen LogP contribution is 2.30. The molecule has 1 saturated heterocycles. The molecule has 0 bridgehead atoms. The molecule has 148 valence electrons. The van der Waals surface area contributed by atoms with Gasteiger partial charge in [-0.15, -0.1) is 0 Å². The Morgan fingerprint density at radius 3 is 2.69 bits per heavy atom. The van der Waals surface area contributed by atoms with Gasteiger partial charge in [-0.25, -0.2) is 14.1 Å². The smallest absolute Gasteiger partial charge is 0.262 e. The number of anilines is 2. The first-order valence-electron chi connectivity index (χ1n) is 9.05. The third kappa shape index (κ3) is 3.49. The van der Waals surface area contributed by atoms with Crippen molar-refractivity contribution in [1.82, 2.24) is 19.7 Å². The minimum atomic E-state index is -0.793. The molecule has 10 heteroatoms. The van der Waals surface area contributed by atoms with Crippen molar-refractivity contribution in [2.75, 3.05) is 22.9 Å². The zero-order valence-electron chi connectivity index (χ0n) is 15.1. The van der Waals surface area contributed by atoms with Crippen LogP contribution in [0.3, 0.4) is 0 Å². The van der Waals surface area contributed by atoms with Gasteiger partial charge in [-0.3, -0.25) is 9.78 Å². The van der Waals surface area contributed by atoms with Gasteiger partial charge in [-0.2, -0.15) is 5.10 Å². The van der Waals surface area contributed by atoms with E-state index in [0.29, 0.717) is 31.6 Å². The van der Waals surface area contributed by atoms with Crippen LogP contribution in [0.4, 0.5) is 15.9 Å². The van der Waals surface area contributed by atoms with Crippen LogP contribution in [0.25, 0.3) is 5.69 Å². The second kappa shape index (κ2) is 7.45. The summed E-state index contributed by atoms with van der Waals surface area (Å²) in [7, 11) is 0. The van der Waals surface area contributed by atoms with Gasteiger partial charge < -0.3 is 9.80 Å². The lowest BCUT2D eigenvalue weighted by molar-refractivity contribution is 0.0996. The molecule has 1 atom stereocenters. The maximum atomic E-state index is 13.5. The van der Waals surface area contributed by atoms with Crippen LogP contribution in [0.1, 0.15) is 22.5 Å². The Morgan fingerprint density at radius 2 is 2.00 bits per heavy atom. The van der Waals surface area contributed by atoms with Crippen molar-refractivity contribution in [2.45, 2.75) is 19.1 Å². The molecule has 0 spiro atoms. The number of amides is 1. The fourth-order valence-electron chi connectivity index (χ4n) is 3.65. The Hall–Kier alpha value is -1.83. The molecule has 0 aromatic carbocycles. The molecule has 0 radical (unpaired) electrons. The van der Waals surface area contributed by atoms with E-state index in [0.717, 1.165) is 30.0 Å². The molecule has 5 heterocycles. The first-order valence-corrected chi connectivity index (χ1v) is 11.2. The van der Waals surface area contributed by atoms with E-state index in [2.05, 4.69) is 60.2 Å². The third-order valence-electron chi connectivity index (χ3n) is 5.08. The molecule has 1 fully saturated rings. The summed E-state index contributed by atoms with van der Waals surface area (Å²) in [6, 6.07) is 3.89. The molecule has 2 aliphatic rings. The van der Waals surface area contributed by atoms with Gasteiger partial charge >= 0.3 is 0 Å². The fourth-order valence-corrected chi connectivity index (χ4v) is 4.93. The highest BCUT2D eigenvalue weighted by atomic mass is 127. The highest BCUT2D eigenvalue weighted by Gasteiger charge is 2.32. The van der Waals surface area contributed by atoms with Gasteiger partial charge in [0.2, 0.25) is 0 Å². The van der Waals surface area contributed by atoms with E-state index >= 15 is 0 Å². The average molecular weight is 616 g/mol. The number of hydrogen-bond donors (Lipinski definition) is 0. The molecular weight excluding hydrogens is 601 g/mol. The summed E-state index contributed by atoms with van der Waals surface area (Å²) < 4.78 is 17.1. The highest BCUT2D eigenvalue weighted by molar-refractivity contribution is 14.1. The molecular formula is C19H15FI2N6O. The number of fused-ring (bicyclic) bond motifs is 1. The van der Waals surface area contributed by atoms with E-state index in [1.165, 1.54) is 0 Å². The first kappa shape index (κ1) is 19.2. The summed E-state index contributed by atoms with van der Waals surface area (Å²) in [5.41, 5.74) is 2.86. The van der Waals surface area contributed by atoms with Gasteiger partial charge in [0.1, 0.15) is 12.0 Å². The molecule has 0 N–H and O–H groups in total. The molecule has 0 unspecified atom stereocenters. The Kier molecular flexibility index (Phi) is 4.92. The largest absolute Gasteiger partial charge is 0.353 e. The Labute approximate surface area is 193 Å². The lowest BCUT2D eigenvalue weighted by Crippen LogP contribution is -2.24. The predicted molar refractivity (Wildman–Crippen MR) is 123 cm³/mol. The van der Waals surface area contributed by atoms with E-state index in [1.54, 1.807) is 34.4 Å². The van der Waals surface area contributed by atoms with Crippen molar-refractivity contribution >= 4 is 62.6 Å². The number of rotatable bonds is 3. The van der Waals surface area contributed by atoms with E-state index < -0.39 is 6.17 Å². The zero-order chi connectivity index (χ0) is 20.1. The number of nitrogens with zero attached hydrogens (tertiary/aromatic N) is 6. The van der Waals surface area contributed by atoms with Crippen molar-refractivity contribution in [1.29, 1.82) is 0 Å². The molecule has 3 aromatic rings. The van der Waals surface area contributed by atoms with E-state index in [1.807, 2.05) is 17.0 Å². The van der Waals surface area contributed by atoms with Gasteiger partial charge in [-0.1, -0.05) is 0 Å². The van der Waals surface area contributed by atoms with Crippen molar-refractivity contribution in [2.24, 2.45) is 0 Å². The maximum Gasteiger partial charge on any atom is 0.262 e. The molecule has 0 aliphatic carbocycles. The monoisotopic (exact) mass is 616 g/mol. The number of aromatic nitrogens is 4. The molecule has 29 heavy (non-hydrogen) atoms. The summed E-state index contributed by atoms with van der Waals surface area (Å²) in [6.45, 7) is 1.48. The predicted octanol–water partition coefficient (Wildman–Crippen LogP) is 3.58. The molecule has 5 rings (SSSR count). The summed E-state index contributed by atoms with van der Waals surface area (Å²) >= 11 is 4.39. The van der Waals surface area contributed by atoms with Crippen LogP contribution >= 0.6 is 45.2 Å². The zero-order valence-corrected chi connectivity index (χ0v) is 19.4. The molecule has 1 amide bonds. The van der Waals surface area contributed by atoms with Gasteiger partial charge in [0, 0.05) is 22.5 Å². The van der Waals surface area contributed by atoms with E-state index in [4.69, 9.17) is 0 Å². The van der Waals surface area contributed by atoms with Crippen LogP contribution in [0.5, 0.6) is 0 Å².